The van der Waals surface area contributed by atoms with Crippen molar-refractivity contribution in [1.29, 1.82) is 0 Å². The van der Waals surface area contributed by atoms with Gasteiger partial charge >= 0.3 is 0 Å². The minimum Gasteiger partial charge on any atom is -0.399 e. The Kier molecular flexibility index (Phi) is 14.0. The van der Waals surface area contributed by atoms with Crippen molar-refractivity contribution in [2.75, 3.05) is 5.73 Å². The van der Waals surface area contributed by atoms with Gasteiger partial charge in [-0.05, 0) is 57.1 Å². The molecule has 4 heteroatoms. The van der Waals surface area contributed by atoms with Crippen molar-refractivity contribution in [3.63, 3.8) is 0 Å². The number of pyridine rings is 1. The summed E-state index contributed by atoms with van der Waals surface area (Å²) < 4.78 is 0. The van der Waals surface area contributed by atoms with Gasteiger partial charge in [-0.25, -0.2) is 0 Å². The standard InChI is InChI=1S/C23H39N3O/c24-21-18-19-26-22(20-21)16-14-12-10-8-6-4-2-1-3-5-7-9-11-13-15-17-23(25)27/h1,3,18-20H,2,4-17H2,(H2,24,26)(H2,25,27). The Bertz CT molecular complexity index is 528. The van der Waals surface area contributed by atoms with E-state index in [-0.39, 0.29) is 5.91 Å². The fraction of sp³-hybridized carbons (Fsp3) is 0.652. The number of rotatable bonds is 17. The number of nitrogens with two attached hydrogens (primary N) is 2. The minimum absolute atomic E-state index is 0.173. The first-order valence-corrected chi connectivity index (χ1v) is 10.8. The molecule has 0 radical (unpaired) electrons. The molecular formula is C23H39N3O. The first-order chi connectivity index (χ1) is 13.2. The molecule has 152 valence electrons. The van der Waals surface area contributed by atoms with Crippen LogP contribution in [0.1, 0.15) is 95.6 Å². The lowest BCUT2D eigenvalue weighted by Crippen LogP contribution is -2.09. The van der Waals surface area contributed by atoms with Crippen LogP contribution in [0.2, 0.25) is 0 Å². The smallest absolute Gasteiger partial charge is 0.217 e. The lowest BCUT2D eigenvalue weighted by atomic mass is 10.1. The zero-order chi connectivity index (χ0) is 19.6. The van der Waals surface area contributed by atoms with Crippen LogP contribution in [0.25, 0.3) is 0 Å². The summed E-state index contributed by atoms with van der Waals surface area (Å²) in [4.78, 5) is 15.0. The largest absolute Gasteiger partial charge is 0.399 e. The third-order valence-corrected chi connectivity index (χ3v) is 4.85. The number of nitrogens with zero attached hydrogens (tertiary/aromatic N) is 1. The number of aryl methyl sites for hydroxylation is 1. The van der Waals surface area contributed by atoms with Gasteiger partial charge in [-0.1, -0.05) is 57.1 Å². The van der Waals surface area contributed by atoms with Crippen molar-refractivity contribution in [2.45, 2.75) is 96.3 Å². The Hall–Kier alpha value is -1.84. The van der Waals surface area contributed by atoms with Crippen LogP contribution in [0, 0.1) is 0 Å². The number of nitrogen functional groups attached to an aromatic ring is 1. The van der Waals surface area contributed by atoms with Crippen molar-refractivity contribution in [3.05, 3.63) is 36.2 Å². The minimum atomic E-state index is -0.173. The van der Waals surface area contributed by atoms with E-state index in [4.69, 9.17) is 11.5 Å². The molecule has 0 atom stereocenters. The Morgan fingerprint density at radius 1 is 0.852 bits per heavy atom. The zero-order valence-electron chi connectivity index (χ0n) is 17.0. The monoisotopic (exact) mass is 373 g/mol. The van der Waals surface area contributed by atoms with Crippen LogP contribution in [0.4, 0.5) is 5.69 Å². The Labute approximate surface area is 165 Å². The second-order valence-corrected chi connectivity index (χ2v) is 7.48. The molecule has 0 aliphatic rings. The highest BCUT2D eigenvalue weighted by Gasteiger charge is 1.97. The van der Waals surface area contributed by atoms with Gasteiger partial charge in [0.2, 0.25) is 5.91 Å². The molecule has 27 heavy (non-hydrogen) atoms. The first-order valence-electron chi connectivity index (χ1n) is 10.8. The lowest BCUT2D eigenvalue weighted by molar-refractivity contribution is -0.118. The molecule has 0 aliphatic carbocycles. The molecule has 0 aliphatic heterocycles. The third kappa shape index (κ3) is 15.0. The van der Waals surface area contributed by atoms with Crippen LogP contribution in [0.5, 0.6) is 0 Å². The van der Waals surface area contributed by atoms with E-state index in [0.717, 1.165) is 30.6 Å². The summed E-state index contributed by atoms with van der Waals surface area (Å²) in [6.07, 6.45) is 24.1. The fourth-order valence-electron chi connectivity index (χ4n) is 3.24. The number of unbranched alkanes of at least 4 members (excludes halogenated alkanes) is 11. The highest BCUT2D eigenvalue weighted by atomic mass is 16.1. The maximum atomic E-state index is 10.6. The van der Waals surface area contributed by atoms with Crippen molar-refractivity contribution in [1.82, 2.24) is 4.98 Å². The number of hydrogen-bond acceptors (Lipinski definition) is 3. The average molecular weight is 374 g/mol. The Balaban J connectivity index is 1.79. The van der Waals surface area contributed by atoms with Crippen LogP contribution in [0.15, 0.2) is 30.5 Å². The molecule has 0 aromatic carbocycles. The normalized spacial score (nSPS) is 11.3. The Morgan fingerprint density at radius 2 is 1.41 bits per heavy atom. The molecule has 0 fully saturated rings. The van der Waals surface area contributed by atoms with Gasteiger partial charge in [0, 0.05) is 24.0 Å². The van der Waals surface area contributed by atoms with Crippen LogP contribution < -0.4 is 11.5 Å². The second kappa shape index (κ2) is 16.3. The number of anilines is 1. The molecular weight excluding hydrogens is 334 g/mol. The van der Waals surface area contributed by atoms with Gasteiger partial charge in [-0.15, -0.1) is 0 Å². The Morgan fingerprint density at radius 3 is 2.00 bits per heavy atom. The van der Waals surface area contributed by atoms with E-state index in [9.17, 15) is 4.79 Å². The van der Waals surface area contributed by atoms with Gasteiger partial charge in [0.25, 0.3) is 0 Å². The summed E-state index contributed by atoms with van der Waals surface area (Å²) in [5.41, 5.74) is 12.8. The van der Waals surface area contributed by atoms with Gasteiger partial charge in [-0.3, -0.25) is 9.78 Å². The molecule has 0 saturated heterocycles. The molecule has 1 rings (SSSR count). The third-order valence-electron chi connectivity index (χ3n) is 4.85. The highest BCUT2D eigenvalue weighted by Crippen LogP contribution is 2.12. The van der Waals surface area contributed by atoms with Crippen LogP contribution in [0.3, 0.4) is 0 Å². The summed E-state index contributed by atoms with van der Waals surface area (Å²) in [5, 5.41) is 0. The predicted octanol–water partition coefficient (Wildman–Crippen LogP) is 5.71. The molecule has 1 aromatic rings. The molecule has 1 amide bonds. The van der Waals surface area contributed by atoms with E-state index >= 15 is 0 Å². The number of amides is 1. The fourth-order valence-corrected chi connectivity index (χ4v) is 3.24. The van der Waals surface area contributed by atoms with E-state index in [0.29, 0.717) is 6.42 Å². The molecule has 0 saturated carbocycles. The van der Waals surface area contributed by atoms with Crippen molar-refractivity contribution in [2.24, 2.45) is 5.73 Å². The van der Waals surface area contributed by atoms with Crippen molar-refractivity contribution >= 4 is 11.6 Å². The molecule has 4 nitrogen and oxygen atoms in total. The van der Waals surface area contributed by atoms with Crippen molar-refractivity contribution in [3.8, 4) is 0 Å². The SMILES string of the molecule is NC(=O)CCCCCCCC=CCCCCCCCCc1cc(N)ccn1. The van der Waals surface area contributed by atoms with Gasteiger partial charge in [0.05, 0.1) is 0 Å². The maximum Gasteiger partial charge on any atom is 0.217 e. The molecule has 1 aromatic heterocycles. The number of allylic oxidation sites excluding steroid dienone is 2. The van der Waals surface area contributed by atoms with Crippen LogP contribution in [-0.2, 0) is 11.2 Å². The number of carbonyl (C=O) groups excluding carboxylic acids is 1. The summed E-state index contributed by atoms with van der Waals surface area (Å²) >= 11 is 0. The lowest BCUT2D eigenvalue weighted by Gasteiger charge is -2.02. The quantitative estimate of drug-likeness (QED) is 0.271. The van der Waals surface area contributed by atoms with E-state index < -0.39 is 0 Å². The molecule has 0 unspecified atom stereocenters. The second-order valence-electron chi connectivity index (χ2n) is 7.48. The molecule has 0 bridgehead atoms. The van der Waals surface area contributed by atoms with Crippen molar-refractivity contribution < 1.29 is 4.79 Å². The van der Waals surface area contributed by atoms with E-state index in [1.54, 1.807) is 6.20 Å². The van der Waals surface area contributed by atoms with Gasteiger partial charge in [-0.2, -0.15) is 0 Å². The zero-order valence-corrected chi connectivity index (χ0v) is 17.0. The van der Waals surface area contributed by atoms with Crippen LogP contribution >= 0.6 is 0 Å². The number of carbonyl (C=O) groups is 1. The topological polar surface area (TPSA) is 82.0 Å². The van der Waals surface area contributed by atoms with E-state index in [2.05, 4.69) is 17.1 Å². The van der Waals surface area contributed by atoms with Crippen LogP contribution in [-0.4, -0.2) is 10.9 Å². The molecule has 4 N–H and O–H groups in total. The summed E-state index contributed by atoms with van der Waals surface area (Å²) in [5.74, 6) is -0.173. The number of aromatic nitrogens is 1. The first kappa shape index (κ1) is 23.2. The van der Waals surface area contributed by atoms with Gasteiger partial charge in [0.1, 0.15) is 0 Å². The van der Waals surface area contributed by atoms with E-state index in [1.165, 1.54) is 70.6 Å². The summed E-state index contributed by atoms with van der Waals surface area (Å²) in [6.45, 7) is 0. The van der Waals surface area contributed by atoms with Gasteiger partial charge < -0.3 is 11.5 Å². The summed E-state index contributed by atoms with van der Waals surface area (Å²) in [7, 11) is 0. The summed E-state index contributed by atoms with van der Waals surface area (Å²) in [6, 6.07) is 3.82. The van der Waals surface area contributed by atoms with E-state index in [1.807, 2.05) is 12.1 Å². The number of primary amides is 1. The predicted molar refractivity (Wildman–Crippen MR) is 115 cm³/mol. The van der Waals surface area contributed by atoms with Gasteiger partial charge in [0.15, 0.2) is 0 Å². The number of hydrogen-bond donors (Lipinski definition) is 2. The molecule has 1 heterocycles. The maximum absolute atomic E-state index is 10.6. The highest BCUT2D eigenvalue weighted by molar-refractivity contribution is 5.73. The molecule has 0 spiro atoms. The average Bonchev–Trinajstić information content (AvgIpc) is 2.64.